The molecule has 3 rings (SSSR count). The fourth-order valence-electron chi connectivity index (χ4n) is 4.17. The van der Waals surface area contributed by atoms with Gasteiger partial charge >= 0.3 is 5.97 Å². The van der Waals surface area contributed by atoms with Gasteiger partial charge in [0.15, 0.2) is 0 Å². The van der Waals surface area contributed by atoms with Gasteiger partial charge in [-0.3, -0.25) is 9.59 Å². The average molecular weight is 333 g/mol. The van der Waals surface area contributed by atoms with Crippen molar-refractivity contribution in [2.75, 3.05) is 6.54 Å². The number of aliphatic carboxylic acids is 1. The molecule has 1 saturated carbocycles. The standard InChI is InChI=1S/C19H27NO4/c1-13-9-10-17(24-13)16-8-3-2-4-11-20(16)18(21)14-6-5-7-15(12-14)19(22)23/h9-10,14-16H,2-8,11-12H2,1H3,(H,22,23). The summed E-state index contributed by atoms with van der Waals surface area (Å²) in [5.74, 6) is 0.572. The normalized spacial score (nSPS) is 28.4. The van der Waals surface area contributed by atoms with Crippen LogP contribution >= 0.6 is 0 Å². The van der Waals surface area contributed by atoms with E-state index in [1.165, 1.54) is 0 Å². The van der Waals surface area contributed by atoms with Crippen molar-refractivity contribution in [3.63, 3.8) is 0 Å². The second kappa shape index (κ2) is 7.41. The summed E-state index contributed by atoms with van der Waals surface area (Å²) in [4.78, 5) is 26.4. The van der Waals surface area contributed by atoms with Gasteiger partial charge in [-0.1, -0.05) is 19.3 Å². The lowest BCUT2D eigenvalue weighted by Gasteiger charge is -2.34. The summed E-state index contributed by atoms with van der Waals surface area (Å²) < 4.78 is 5.82. The first kappa shape index (κ1) is 17.1. The van der Waals surface area contributed by atoms with Gasteiger partial charge in [0.2, 0.25) is 5.91 Å². The van der Waals surface area contributed by atoms with E-state index >= 15 is 0 Å². The van der Waals surface area contributed by atoms with Crippen molar-refractivity contribution < 1.29 is 19.1 Å². The number of rotatable bonds is 3. The molecule has 2 aliphatic rings. The van der Waals surface area contributed by atoms with E-state index in [0.717, 1.165) is 56.6 Å². The first-order valence-corrected chi connectivity index (χ1v) is 9.16. The zero-order valence-corrected chi connectivity index (χ0v) is 14.4. The van der Waals surface area contributed by atoms with Crippen molar-refractivity contribution >= 4 is 11.9 Å². The summed E-state index contributed by atoms with van der Waals surface area (Å²) in [5.41, 5.74) is 0. The highest BCUT2D eigenvalue weighted by atomic mass is 16.4. The van der Waals surface area contributed by atoms with Crippen LogP contribution in [-0.4, -0.2) is 28.4 Å². The first-order chi connectivity index (χ1) is 11.6. The summed E-state index contributed by atoms with van der Waals surface area (Å²) in [6.45, 7) is 2.67. The minimum atomic E-state index is -0.762. The smallest absolute Gasteiger partial charge is 0.306 e. The highest BCUT2D eigenvalue weighted by Gasteiger charge is 2.37. The maximum absolute atomic E-state index is 13.2. The molecule has 5 nitrogen and oxygen atoms in total. The molecule has 0 aromatic carbocycles. The molecule has 1 amide bonds. The summed E-state index contributed by atoms with van der Waals surface area (Å²) in [5, 5.41) is 9.29. The molecule has 2 fully saturated rings. The van der Waals surface area contributed by atoms with Gasteiger partial charge in [-0.2, -0.15) is 0 Å². The maximum Gasteiger partial charge on any atom is 0.306 e. The molecule has 1 saturated heterocycles. The molecule has 1 aliphatic carbocycles. The number of aryl methyl sites for hydroxylation is 1. The molecule has 1 aromatic heterocycles. The topological polar surface area (TPSA) is 70.8 Å². The number of furan rings is 1. The van der Waals surface area contributed by atoms with Gasteiger partial charge < -0.3 is 14.4 Å². The van der Waals surface area contributed by atoms with E-state index in [0.29, 0.717) is 12.8 Å². The molecule has 0 bridgehead atoms. The quantitative estimate of drug-likeness (QED) is 0.910. The van der Waals surface area contributed by atoms with Crippen LogP contribution in [0.15, 0.2) is 16.5 Å². The lowest BCUT2D eigenvalue weighted by atomic mass is 9.80. The molecule has 0 radical (unpaired) electrons. The number of carbonyl (C=O) groups is 2. The number of amides is 1. The van der Waals surface area contributed by atoms with Gasteiger partial charge in [-0.25, -0.2) is 0 Å². The van der Waals surface area contributed by atoms with Crippen molar-refractivity contribution in [3.05, 3.63) is 23.7 Å². The second-order valence-corrected chi connectivity index (χ2v) is 7.24. The van der Waals surface area contributed by atoms with E-state index < -0.39 is 5.97 Å². The Morgan fingerprint density at radius 3 is 2.58 bits per heavy atom. The van der Waals surface area contributed by atoms with Gasteiger partial charge in [-0.15, -0.1) is 0 Å². The van der Waals surface area contributed by atoms with Crippen LogP contribution in [0.25, 0.3) is 0 Å². The lowest BCUT2D eigenvalue weighted by Crippen LogP contribution is -2.41. The highest BCUT2D eigenvalue weighted by Crippen LogP contribution is 2.36. The summed E-state index contributed by atoms with van der Waals surface area (Å²) in [6.07, 6.45) is 6.97. The highest BCUT2D eigenvalue weighted by molar-refractivity contribution is 5.80. The van der Waals surface area contributed by atoms with Crippen LogP contribution < -0.4 is 0 Å². The second-order valence-electron chi connectivity index (χ2n) is 7.24. The van der Waals surface area contributed by atoms with Crippen molar-refractivity contribution in [3.8, 4) is 0 Å². The van der Waals surface area contributed by atoms with E-state index in [1.54, 1.807) is 0 Å². The summed E-state index contributed by atoms with van der Waals surface area (Å²) >= 11 is 0. The minimum absolute atomic E-state index is 0.00101. The Balaban J connectivity index is 1.78. The lowest BCUT2D eigenvalue weighted by molar-refractivity contribution is -0.146. The van der Waals surface area contributed by atoms with Crippen LogP contribution in [0.5, 0.6) is 0 Å². The van der Waals surface area contributed by atoms with Crippen LogP contribution in [-0.2, 0) is 9.59 Å². The van der Waals surface area contributed by atoms with Crippen LogP contribution in [0.4, 0.5) is 0 Å². The van der Waals surface area contributed by atoms with E-state index in [-0.39, 0.29) is 23.8 Å². The molecule has 1 aromatic rings. The minimum Gasteiger partial charge on any atom is -0.481 e. The first-order valence-electron chi connectivity index (χ1n) is 9.16. The Kier molecular flexibility index (Phi) is 5.27. The van der Waals surface area contributed by atoms with Crippen LogP contribution in [0.1, 0.15) is 68.9 Å². The molecule has 2 heterocycles. The fraction of sp³-hybridized carbons (Fsp3) is 0.684. The SMILES string of the molecule is Cc1ccc(C2CCCCCN2C(=O)C2CCCC(C(=O)O)C2)o1. The largest absolute Gasteiger partial charge is 0.481 e. The Morgan fingerprint density at radius 2 is 1.88 bits per heavy atom. The van der Waals surface area contributed by atoms with Crippen molar-refractivity contribution in [2.45, 2.75) is 64.3 Å². The molecule has 132 valence electrons. The zero-order valence-electron chi connectivity index (χ0n) is 14.4. The molecular formula is C19H27NO4. The number of carbonyl (C=O) groups excluding carboxylic acids is 1. The average Bonchev–Trinajstić information content (AvgIpc) is 2.86. The molecule has 3 unspecified atom stereocenters. The van der Waals surface area contributed by atoms with E-state index in [1.807, 2.05) is 24.0 Å². The number of hydrogen-bond acceptors (Lipinski definition) is 3. The number of carboxylic acids is 1. The Bertz CT molecular complexity index is 594. The van der Waals surface area contributed by atoms with Gasteiger partial charge in [0, 0.05) is 12.5 Å². The third-order valence-electron chi connectivity index (χ3n) is 5.50. The fourth-order valence-corrected chi connectivity index (χ4v) is 4.17. The molecule has 5 heteroatoms. The summed E-state index contributed by atoms with van der Waals surface area (Å²) in [6, 6.07) is 3.93. The molecule has 3 atom stereocenters. The van der Waals surface area contributed by atoms with Gasteiger partial charge in [0.1, 0.15) is 11.5 Å². The van der Waals surface area contributed by atoms with Crippen LogP contribution in [0, 0.1) is 18.8 Å². The maximum atomic E-state index is 13.2. The molecule has 0 spiro atoms. The molecule has 1 N–H and O–H groups in total. The van der Waals surface area contributed by atoms with E-state index in [9.17, 15) is 14.7 Å². The third kappa shape index (κ3) is 3.65. The molecular weight excluding hydrogens is 306 g/mol. The monoisotopic (exact) mass is 333 g/mol. The van der Waals surface area contributed by atoms with E-state index in [4.69, 9.17) is 4.42 Å². The van der Waals surface area contributed by atoms with Crippen molar-refractivity contribution in [1.82, 2.24) is 4.90 Å². The van der Waals surface area contributed by atoms with Gasteiger partial charge in [0.05, 0.1) is 12.0 Å². The predicted octanol–water partition coefficient (Wildman–Crippen LogP) is 3.92. The van der Waals surface area contributed by atoms with Gasteiger partial charge in [0.25, 0.3) is 0 Å². The van der Waals surface area contributed by atoms with Crippen LogP contribution in [0.2, 0.25) is 0 Å². The molecule has 1 aliphatic heterocycles. The predicted molar refractivity (Wildman–Crippen MR) is 89.5 cm³/mol. The Morgan fingerprint density at radius 1 is 1.08 bits per heavy atom. The Hall–Kier alpha value is -1.78. The van der Waals surface area contributed by atoms with E-state index in [2.05, 4.69) is 0 Å². The summed E-state index contributed by atoms with van der Waals surface area (Å²) in [7, 11) is 0. The van der Waals surface area contributed by atoms with Crippen molar-refractivity contribution in [1.29, 1.82) is 0 Å². The third-order valence-corrected chi connectivity index (χ3v) is 5.50. The number of likely N-dealkylation sites (tertiary alicyclic amines) is 1. The van der Waals surface area contributed by atoms with Crippen molar-refractivity contribution in [2.24, 2.45) is 11.8 Å². The number of hydrogen-bond donors (Lipinski definition) is 1. The Labute approximate surface area is 143 Å². The number of nitrogens with zero attached hydrogens (tertiary/aromatic N) is 1. The van der Waals surface area contributed by atoms with Gasteiger partial charge in [-0.05, 0) is 51.2 Å². The zero-order chi connectivity index (χ0) is 17.1. The number of carboxylic acid groups (broad SMARTS) is 1. The molecule has 24 heavy (non-hydrogen) atoms. The van der Waals surface area contributed by atoms with Crippen LogP contribution in [0.3, 0.4) is 0 Å².